The molecule has 19 heavy (non-hydrogen) atoms. The first-order valence-corrected chi connectivity index (χ1v) is 6.98. The zero-order chi connectivity index (χ0) is 14.0. The van der Waals surface area contributed by atoms with Crippen molar-refractivity contribution in [1.82, 2.24) is 9.78 Å². The Hall–Kier alpha value is -1.49. The fourth-order valence-electron chi connectivity index (χ4n) is 1.92. The first-order chi connectivity index (χ1) is 8.99. The van der Waals surface area contributed by atoms with Crippen LogP contribution in [-0.2, 0) is 13.7 Å². The zero-order valence-corrected chi connectivity index (χ0v) is 12.9. The van der Waals surface area contributed by atoms with Crippen LogP contribution < -0.4 is 10.5 Å². The van der Waals surface area contributed by atoms with E-state index in [1.165, 1.54) is 0 Å². The largest absolute Gasteiger partial charge is 0.471 e. The number of hydrogen-bond donors (Lipinski definition) is 1. The molecule has 0 saturated heterocycles. The summed E-state index contributed by atoms with van der Waals surface area (Å²) in [5, 5.41) is 4.40. The smallest absolute Gasteiger partial charge is 0.236 e. The Morgan fingerprint density at radius 2 is 2.16 bits per heavy atom. The molecule has 0 aliphatic rings. The van der Waals surface area contributed by atoms with Crippen molar-refractivity contribution in [3.8, 4) is 5.88 Å². The van der Waals surface area contributed by atoms with E-state index in [0.717, 1.165) is 15.7 Å². The number of nitrogen functional groups attached to an aromatic ring is 1. The second kappa shape index (κ2) is 5.65. The lowest BCUT2D eigenvalue weighted by atomic mass is 10.1. The molecule has 0 atom stereocenters. The highest BCUT2D eigenvalue weighted by atomic mass is 79.9. The number of rotatable bonds is 4. The SMILES string of the molecule is CC(C)c1nn(C)c(OCc2cccc(Br)c2)c1N. The molecule has 2 rings (SSSR count). The lowest BCUT2D eigenvalue weighted by molar-refractivity contribution is 0.280. The fourth-order valence-corrected chi connectivity index (χ4v) is 2.37. The van der Waals surface area contributed by atoms with Crippen LogP contribution in [0.25, 0.3) is 0 Å². The molecule has 0 bridgehead atoms. The Morgan fingerprint density at radius 3 is 2.74 bits per heavy atom. The lowest BCUT2D eigenvalue weighted by Crippen LogP contribution is -2.02. The van der Waals surface area contributed by atoms with Gasteiger partial charge in [-0.05, 0) is 23.6 Å². The summed E-state index contributed by atoms with van der Waals surface area (Å²) in [6, 6.07) is 8.00. The van der Waals surface area contributed by atoms with E-state index in [1.54, 1.807) is 4.68 Å². The van der Waals surface area contributed by atoms with Gasteiger partial charge in [0.2, 0.25) is 5.88 Å². The van der Waals surface area contributed by atoms with Crippen molar-refractivity contribution in [2.75, 3.05) is 5.73 Å². The molecule has 1 aromatic carbocycles. The Bertz CT molecular complexity index is 578. The summed E-state index contributed by atoms with van der Waals surface area (Å²) in [5.74, 6) is 0.915. The number of hydrogen-bond acceptors (Lipinski definition) is 3. The minimum absolute atomic E-state index is 0.286. The number of ether oxygens (including phenoxy) is 1. The molecule has 0 saturated carbocycles. The van der Waals surface area contributed by atoms with Gasteiger partial charge >= 0.3 is 0 Å². The van der Waals surface area contributed by atoms with Gasteiger partial charge in [0, 0.05) is 11.5 Å². The Kier molecular flexibility index (Phi) is 4.14. The summed E-state index contributed by atoms with van der Waals surface area (Å²) < 4.78 is 8.53. The van der Waals surface area contributed by atoms with Gasteiger partial charge in [-0.15, -0.1) is 0 Å². The Morgan fingerprint density at radius 1 is 1.42 bits per heavy atom. The van der Waals surface area contributed by atoms with Crippen molar-refractivity contribution in [3.05, 3.63) is 40.0 Å². The van der Waals surface area contributed by atoms with Crippen LogP contribution in [0.5, 0.6) is 5.88 Å². The maximum atomic E-state index is 6.08. The van der Waals surface area contributed by atoms with Gasteiger partial charge in [0.15, 0.2) is 0 Å². The van der Waals surface area contributed by atoms with Gasteiger partial charge in [-0.25, -0.2) is 4.68 Å². The summed E-state index contributed by atoms with van der Waals surface area (Å²) in [6.45, 7) is 4.61. The second-order valence-electron chi connectivity index (χ2n) is 4.80. The highest BCUT2D eigenvalue weighted by Gasteiger charge is 2.17. The summed E-state index contributed by atoms with van der Waals surface area (Å²) in [7, 11) is 1.85. The van der Waals surface area contributed by atoms with Gasteiger partial charge in [0.05, 0.1) is 5.69 Å². The molecule has 5 heteroatoms. The number of nitrogens with zero attached hydrogens (tertiary/aromatic N) is 2. The summed E-state index contributed by atoms with van der Waals surface area (Å²) in [4.78, 5) is 0. The maximum Gasteiger partial charge on any atom is 0.236 e. The number of nitrogens with two attached hydrogens (primary N) is 1. The van der Waals surface area contributed by atoms with Crippen molar-refractivity contribution >= 4 is 21.6 Å². The lowest BCUT2D eigenvalue weighted by Gasteiger charge is -2.07. The molecule has 0 unspecified atom stereocenters. The summed E-state index contributed by atoms with van der Waals surface area (Å²) >= 11 is 3.44. The van der Waals surface area contributed by atoms with Gasteiger partial charge in [-0.3, -0.25) is 0 Å². The third kappa shape index (κ3) is 3.10. The zero-order valence-electron chi connectivity index (χ0n) is 11.4. The average Bonchev–Trinajstić information content (AvgIpc) is 2.63. The molecule has 0 aliphatic carbocycles. The summed E-state index contributed by atoms with van der Waals surface area (Å²) in [5.41, 5.74) is 8.68. The molecule has 0 spiro atoms. The minimum Gasteiger partial charge on any atom is -0.471 e. The predicted molar refractivity (Wildman–Crippen MR) is 80.2 cm³/mol. The van der Waals surface area contributed by atoms with E-state index in [1.807, 2.05) is 31.3 Å². The average molecular weight is 324 g/mol. The number of halogens is 1. The van der Waals surface area contributed by atoms with Crippen LogP contribution in [0.4, 0.5) is 5.69 Å². The first kappa shape index (κ1) is 13.9. The minimum atomic E-state index is 0.286. The molecule has 102 valence electrons. The molecule has 0 aliphatic heterocycles. The predicted octanol–water partition coefficient (Wildman–Crippen LogP) is 3.47. The van der Waals surface area contributed by atoms with Crippen LogP contribution in [-0.4, -0.2) is 9.78 Å². The van der Waals surface area contributed by atoms with Crippen LogP contribution in [0.1, 0.15) is 31.0 Å². The van der Waals surface area contributed by atoms with E-state index < -0.39 is 0 Å². The molecule has 1 aromatic heterocycles. The van der Waals surface area contributed by atoms with E-state index in [0.29, 0.717) is 18.2 Å². The van der Waals surface area contributed by atoms with E-state index >= 15 is 0 Å². The molecule has 2 aromatic rings. The van der Waals surface area contributed by atoms with Gasteiger partial charge in [0.25, 0.3) is 0 Å². The fraction of sp³-hybridized carbons (Fsp3) is 0.357. The van der Waals surface area contributed by atoms with Crippen LogP contribution in [0.15, 0.2) is 28.7 Å². The third-order valence-corrected chi connectivity index (χ3v) is 3.36. The van der Waals surface area contributed by atoms with Crippen molar-refractivity contribution in [2.45, 2.75) is 26.4 Å². The molecule has 0 fully saturated rings. The highest BCUT2D eigenvalue weighted by molar-refractivity contribution is 9.10. The number of benzene rings is 1. The van der Waals surface area contributed by atoms with Crippen molar-refractivity contribution in [2.24, 2.45) is 7.05 Å². The van der Waals surface area contributed by atoms with Crippen molar-refractivity contribution < 1.29 is 4.74 Å². The van der Waals surface area contributed by atoms with Crippen LogP contribution in [0.3, 0.4) is 0 Å². The molecule has 0 radical (unpaired) electrons. The monoisotopic (exact) mass is 323 g/mol. The van der Waals surface area contributed by atoms with Crippen LogP contribution in [0.2, 0.25) is 0 Å². The van der Waals surface area contributed by atoms with E-state index in [-0.39, 0.29) is 5.92 Å². The molecular formula is C14H18BrN3O. The Labute approximate surface area is 121 Å². The van der Waals surface area contributed by atoms with Crippen LogP contribution >= 0.6 is 15.9 Å². The number of anilines is 1. The first-order valence-electron chi connectivity index (χ1n) is 6.18. The van der Waals surface area contributed by atoms with Gasteiger partial charge in [0.1, 0.15) is 12.3 Å². The summed E-state index contributed by atoms with van der Waals surface area (Å²) in [6.07, 6.45) is 0. The van der Waals surface area contributed by atoms with E-state index in [9.17, 15) is 0 Å². The van der Waals surface area contributed by atoms with Crippen molar-refractivity contribution in [3.63, 3.8) is 0 Å². The van der Waals surface area contributed by atoms with Crippen molar-refractivity contribution in [1.29, 1.82) is 0 Å². The molecule has 1 heterocycles. The van der Waals surface area contributed by atoms with Gasteiger partial charge in [-0.2, -0.15) is 5.10 Å². The van der Waals surface area contributed by atoms with Crippen LogP contribution in [0, 0.1) is 0 Å². The normalized spacial score (nSPS) is 11.0. The quantitative estimate of drug-likeness (QED) is 0.937. The second-order valence-corrected chi connectivity index (χ2v) is 5.72. The topological polar surface area (TPSA) is 53.1 Å². The highest BCUT2D eigenvalue weighted by Crippen LogP contribution is 2.30. The third-order valence-electron chi connectivity index (χ3n) is 2.87. The molecule has 4 nitrogen and oxygen atoms in total. The molecular weight excluding hydrogens is 306 g/mol. The Balaban J connectivity index is 2.16. The standard InChI is InChI=1S/C14H18BrN3O/c1-9(2)13-12(16)14(18(3)17-13)19-8-10-5-4-6-11(15)7-10/h4-7,9H,8,16H2,1-3H3. The van der Waals surface area contributed by atoms with E-state index in [4.69, 9.17) is 10.5 Å². The number of aryl methyl sites for hydroxylation is 1. The van der Waals surface area contributed by atoms with Gasteiger partial charge in [-0.1, -0.05) is 41.9 Å². The van der Waals surface area contributed by atoms with E-state index in [2.05, 4.69) is 34.9 Å². The maximum absolute atomic E-state index is 6.08. The molecule has 2 N–H and O–H groups in total. The van der Waals surface area contributed by atoms with Gasteiger partial charge < -0.3 is 10.5 Å². The molecule has 0 amide bonds. The number of aromatic nitrogens is 2.